The van der Waals surface area contributed by atoms with Gasteiger partial charge in [-0.3, -0.25) is 0 Å². The van der Waals surface area contributed by atoms with Crippen molar-refractivity contribution < 1.29 is 0 Å². The van der Waals surface area contributed by atoms with E-state index in [1.54, 1.807) is 0 Å². The summed E-state index contributed by atoms with van der Waals surface area (Å²) in [6.07, 6.45) is 5.56. The molecule has 2 rings (SSSR count). The maximum Gasteiger partial charge on any atom is 0.0111 e. The molecule has 3 nitrogen and oxygen atoms in total. The van der Waals surface area contributed by atoms with Crippen LogP contribution < -0.4 is 10.6 Å². The van der Waals surface area contributed by atoms with Crippen molar-refractivity contribution in [2.75, 3.05) is 26.2 Å². The first-order valence-electron chi connectivity index (χ1n) is 7.27. The third-order valence-corrected chi connectivity index (χ3v) is 4.03. The molecular weight excluding hydrogens is 210 g/mol. The minimum absolute atomic E-state index is 0.247. The topological polar surface area (TPSA) is 27.3 Å². The minimum atomic E-state index is 0.247. The van der Waals surface area contributed by atoms with E-state index in [2.05, 4.69) is 36.3 Å². The summed E-state index contributed by atoms with van der Waals surface area (Å²) in [6, 6.07) is 1.65. The standard InChI is InChI=1S/C14H29N3/c1-14(2,3)16-8-7-15-12-6-10-17-9-4-5-13(17)11-12/h12-13,15-16H,4-11H2,1-3H3. The number of piperidine rings is 1. The van der Waals surface area contributed by atoms with E-state index in [1.165, 1.54) is 38.8 Å². The van der Waals surface area contributed by atoms with Crippen LogP contribution in [-0.4, -0.2) is 48.7 Å². The van der Waals surface area contributed by atoms with Crippen molar-refractivity contribution in [1.82, 2.24) is 15.5 Å². The van der Waals surface area contributed by atoms with E-state index in [-0.39, 0.29) is 5.54 Å². The van der Waals surface area contributed by atoms with Crippen molar-refractivity contribution in [3.05, 3.63) is 0 Å². The van der Waals surface area contributed by atoms with Gasteiger partial charge in [-0.2, -0.15) is 0 Å². The smallest absolute Gasteiger partial charge is 0.0111 e. The summed E-state index contributed by atoms with van der Waals surface area (Å²) in [5.41, 5.74) is 0.247. The fourth-order valence-electron chi connectivity index (χ4n) is 3.12. The van der Waals surface area contributed by atoms with E-state index in [9.17, 15) is 0 Å². The lowest BCUT2D eigenvalue weighted by atomic mass is 9.97. The fraction of sp³-hybridized carbons (Fsp3) is 1.00. The van der Waals surface area contributed by atoms with Gasteiger partial charge in [0.1, 0.15) is 0 Å². The molecule has 0 aromatic rings. The summed E-state index contributed by atoms with van der Waals surface area (Å²) in [5.74, 6) is 0. The Morgan fingerprint density at radius 1 is 1.12 bits per heavy atom. The van der Waals surface area contributed by atoms with Gasteiger partial charge in [0, 0.05) is 30.7 Å². The molecule has 0 spiro atoms. The normalized spacial score (nSPS) is 30.5. The Morgan fingerprint density at radius 3 is 2.71 bits per heavy atom. The van der Waals surface area contributed by atoms with Gasteiger partial charge in [0.2, 0.25) is 0 Å². The molecule has 0 aromatic carbocycles. The van der Waals surface area contributed by atoms with Crippen molar-refractivity contribution in [3.63, 3.8) is 0 Å². The number of hydrogen-bond donors (Lipinski definition) is 2. The number of rotatable bonds is 4. The van der Waals surface area contributed by atoms with Gasteiger partial charge in [-0.1, -0.05) is 0 Å². The molecule has 2 atom stereocenters. The van der Waals surface area contributed by atoms with Gasteiger partial charge in [0.25, 0.3) is 0 Å². The zero-order valence-electron chi connectivity index (χ0n) is 11.8. The lowest BCUT2D eigenvalue weighted by Gasteiger charge is -2.35. The Bertz CT molecular complexity index is 234. The first kappa shape index (κ1) is 13.3. The lowest BCUT2D eigenvalue weighted by molar-refractivity contribution is 0.167. The van der Waals surface area contributed by atoms with Crippen molar-refractivity contribution in [2.24, 2.45) is 0 Å². The van der Waals surface area contributed by atoms with Gasteiger partial charge in [0.05, 0.1) is 0 Å². The van der Waals surface area contributed by atoms with Gasteiger partial charge in [-0.05, 0) is 59.5 Å². The summed E-state index contributed by atoms with van der Waals surface area (Å²) in [4.78, 5) is 2.69. The molecule has 2 saturated heterocycles. The van der Waals surface area contributed by atoms with Crippen LogP contribution in [0.25, 0.3) is 0 Å². The molecule has 0 amide bonds. The summed E-state index contributed by atoms with van der Waals surface area (Å²) in [7, 11) is 0. The second-order valence-corrected chi connectivity index (χ2v) is 6.68. The van der Waals surface area contributed by atoms with Crippen LogP contribution in [-0.2, 0) is 0 Å². The first-order valence-corrected chi connectivity index (χ1v) is 7.27. The average molecular weight is 239 g/mol. The molecule has 2 fully saturated rings. The van der Waals surface area contributed by atoms with Crippen molar-refractivity contribution in [2.45, 2.75) is 64.1 Å². The molecule has 0 aliphatic carbocycles. The summed E-state index contributed by atoms with van der Waals surface area (Å²) in [6.45, 7) is 11.5. The van der Waals surface area contributed by atoms with Crippen molar-refractivity contribution in [3.8, 4) is 0 Å². The SMILES string of the molecule is CC(C)(C)NCCNC1CCN2CCCC2C1. The highest BCUT2D eigenvalue weighted by Gasteiger charge is 2.31. The second kappa shape index (κ2) is 5.68. The highest BCUT2D eigenvalue weighted by atomic mass is 15.2. The Morgan fingerprint density at radius 2 is 1.94 bits per heavy atom. The predicted octanol–water partition coefficient (Wildman–Crippen LogP) is 1.59. The Balaban J connectivity index is 1.60. The van der Waals surface area contributed by atoms with E-state index in [1.807, 2.05) is 0 Å². The molecule has 2 unspecified atom stereocenters. The number of fused-ring (bicyclic) bond motifs is 1. The van der Waals surface area contributed by atoms with E-state index in [0.29, 0.717) is 0 Å². The number of nitrogens with zero attached hydrogens (tertiary/aromatic N) is 1. The maximum atomic E-state index is 3.72. The minimum Gasteiger partial charge on any atom is -0.313 e. The third-order valence-electron chi connectivity index (χ3n) is 4.03. The largest absolute Gasteiger partial charge is 0.313 e. The van der Waals surface area contributed by atoms with Crippen LogP contribution in [0.1, 0.15) is 46.5 Å². The Hall–Kier alpha value is -0.120. The molecule has 100 valence electrons. The van der Waals surface area contributed by atoms with E-state index < -0.39 is 0 Å². The predicted molar refractivity (Wildman–Crippen MR) is 73.4 cm³/mol. The molecule has 2 aliphatic rings. The van der Waals surface area contributed by atoms with Gasteiger partial charge < -0.3 is 15.5 Å². The van der Waals surface area contributed by atoms with Crippen LogP contribution in [0.4, 0.5) is 0 Å². The van der Waals surface area contributed by atoms with E-state index in [4.69, 9.17) is 0 Å². The van der Waals surface area contributed by atoms with Gasteiger partial charge in [0.15, 0.2) is 0 Å². The van der Waals surface area contributed by atoms with Crippen LogP contribution >= 0.6 is 0 Å². The zero-order chi connectivity index (χ0) is 12.3. The maximum absolute atomic E-state index is 3.72. The van der Waals surface area contributed by atoms with Gasteiger partial charge in [-0.15, -0.1) is 0 Å². The zero-order valence-corrected chi connectivity index (χ0v) is 11.8. The van der Waals surface area contributed by atoms with Crippen LogP contribution in [0.2, 0.25) is 0 Å². The molecule has 0 radical (unpaired) electrons. The summed E-state index contributed by atoms with van der Waals surface area (Å²) in [5, 5.41) is 7.25. The highest BCUT2D eigenvalue weighted by molar-refractivity contribution is 4.89. The quantitative estimate of drug-likeness (QED) is 0.730. The molecule has 3 heteroatoms. The van der Waals surface area contributed by atoms with Crippen LogP contribution in [0.3, 0.4) is 0 Å². The van der Waals surface area contributed by atoms with E-state index in [0.717, 1.165) is 25.2 Å². The van der Waals surface area contributed by atoms with Crippen molar-refractivity contribution in [1.29, 1.82) is 0 Å². The Kier molecular flexibility index (Phi) is 4.45. The molecule has 17 heavy (non-hydrogen) atoms. The average Bonchev–Trinajstić information content (AvgIpc) is 2.70. The van der Waals surface area contributed by atoms with E-state index >= 15 is 0 Å². The second-order valence-electron chi connectivity index (χ2n) is 6.68. The lowest BCUT2D eigenvalue weighted by Crippen LogP contribution is -2.48. The van der Waals surface area contributed by atoms with Gasteiger partial charge >= 0.3 is 0 Å². The van der Waals surface area contributed by atoms with Crippen LogP contribution in [0.5, 0.6) is 0 Å². The molecule has 2 heterocycles. The molecule has 2 aliphatic heterocycles. The Labute approximate surface area is 106 Å². The third kappa shape index (κ3) is 4.23. The monoisotopic (exact) mass is 239 g/mol. The van der Waals surface area contributed by atoms with Crippen molar-refractivity contribution >= 4 is 0 Å². The van der Waals surface area contributed by atoms with Crippen LogP contribution in [0, 0.1) is 0 Å². The molecule has 0 aromatic heterocycles. The number of nitrogens with one attached hydrogen (secondary N) is 2. The fourth-order valence-corrected chi connectivity index (χ4v) is 3.12. The molecule has 0 saturated carbocycles. The first-order chi connectivity index (χ1) is 8.04. The number of hydrogen-bond acceptors (Lipinski definition) is 3. The van der Waals surface area contributed by atoms with Gasteiger partial charge in [-0.25, -0.2) is 0 Å². The van der Waals surface area contributed by atoms with Crippen LogP contribution in [0.15, 0.2) is 0 Å². The summed E-state index contributed by atoms with van der Waals surface area (Å²) < 4.78 is 0. The molecule has 0 bridgehead atoms. The molecular formula is C14H29N3. The highest BCUT2D eigenvalue weighted by Crippen LogP contribution is 2.26. The summed E-state index contributed by atoms with van der Waals surface area (Å²) >= 11 is 0. The molecule has 2 N–H and O–H groups in total.